The molecule has 0 amide bonds. The number of aliphatic hydroxyl groups excluding tert-OH is 1. The smallest absolute Gasteiger partial charge is 0.139 e. The summed E-state index contributed by atoms with van der Waals surface area (Å²) in [5.74, 6) is 3.35. The molecule has 9 atom stereocenters. The van der Waals surface area contributed by atoms with Crippen molar-refractivity contribution in [1.82, 2.24) is 0 Å². The maximum absolute atomic E-state index is 13.8. The van der Waals surface area contributed by atoms with E-state index >= 15 is 0 Å². The second-order valence-corrected chi connectivity index (χ2v) is 10.9. The van der Waals surface area contributed by atoms with Crippen LogP contribution in [0.25, 0.3) is 0 Å². The summed E-state index contributed by atoms with van der Waals surface area (Å²) in [5, 5.41) is 10.3. The topological polar surface area (TPSA) is 63.3 Å². The van der Waals surface area contributed by atoms with Crippen LogP contribution in [0.3, 0.4) is 0 Å². The summed E-state index contributed by atoms with van der Waals surface area (Å²) in [6, 6.07) is 0. The molecule has 0 bridgehead atoms. The number of ketones is 1. The SMILES string of the molecule is CC[C@H]1C(=O)C2C3CC[C@H](CCCN)C3(C)CC[C@@H]2C2(C)CC[C@@H](O)CC12. The lowest BCUT2D eigenvalue weighted by Gasteiger charge is -2.62. The van der Waals surface area contributed by atoms with Crippen molar-refractivity contribution < 1.29 is 9.90 Å². The van der Waals surface area contributed by atoms with Gasteiger partial charge in [0.25, 0.3) is 0 Å². The number of Topliss-reactive ketones (excluding diaryl/α,β-unsaturated/α-hetero) is 1. The van der Waals surface area contributed by atoms with E-state index in [0.29, 0.717) is 29.0 Å². The first-order valence-electron chi connectivity index (χ1n) is 11.8. The summed E-state index contributed by atoms with van der Waals surface area (Å²) in [4.78, 5) is 13.8. The summed E-state index contributed by atoms with van der Waals surface area (Å²) in [5.41, 5.74) is 6.42. The molecule has 4 aliphatic carbocycles. The van der Waals surface area contributed by atoms with Crippen LogP contribution < -0.4 is 5.73 Å². The highest BCUT2D eigenvalue weighted by atomic mass is 16.3. The van der Waals surface area contributed by atoms with Crippen LogP contribution in [0.2, 0.25) is 0 Å². The number of nitrogens with two attached hydrogens (primary N) is 1. The second kappa shape index (κ2) is 7.13. The van der Waals surface area contributed by atoms with Gasteiger partial charge >= 0.3 is 0 Å². The molecule has 4 saturated carbocycles. The summed E-state index contributed by atoms with van der Waals surface area (Å²) in [6.45, 7) is 7.99. The lowest BCUT2D eigenvalue weighted by molar-refractivity contribution is -0.172. The molecule has 4 aliphatic rings. The zero-order chi connectivity index (χ0) is 19.4. The molecular formula is C24H41NO2. The Hall–Kier alpha value is -0.410. The van der Waals surface area contributed by atoms with Crippen molar-refractivity contribution in [3.8, 4) is 0 Å². The van der Waals surface area contributed by atoms with E-state index in [9.17, 15) is 9.90 Å². The van der Waals surface area contributed by atoms with Gasteiger partial charge in [-0.2, -0.15) is 0 Å². The minimum atomic E-state index is -0.192. The van der Waals surface area contributed by atoms with Gasteiger partial charge in [-0.1, -0.05) is 20.8 Å². The molecule has 154 valence electrons. The quantitative estimate of drug-likeness (QED) is 0.757. The van der Waals surface area contributed by atoms with E-state index in [1.54, 1.807) is 0 Å². The number of aliphatic hydroxyl groups is 1. The lowest BCUT2D eigenvalue weighted by Crippen LogP contribution is -2.60. The molecular weight excluding hydrogens is 334 g/mol. The Morgan fingerprint density at radius 1 is 1.04 bits per heavy atom. The highest BCUT2D eigenvalue weighted by molar-refractivity contribution is 5.86. The third-order valence-electron chi connectivity index (χ3n) is 10.1. The van der Waals surface area contributed by atoms with Crippen molar-refractivity contribution in [1.29, 1.82) is 0 Å². The number of hydrogen-bond acceptors (Lipinski definition) is 3. The second-order valence-electron chi connectivity index (χ2n) is 10.9. The van der Waals surface area contributed by atoms with Gasteiger partial charge in [-0.25, -0.2) is 0 Å². The molecule has 4 fully saturated rings. The van der Waals surface area contributed by atoms with Gasteiger partial charge in [0.1, 0.15) is 5.78 Å². The van der Waals surface area contributed by atoms with Crippen LogP contribution in [0.5, 0.6) is 0 Å². The Bertz CT molecular complexity index is 577. The van der Waals surface area contributed by atoms with Crippen LogP contribution in [0, 0.1) is 46.3 Å². The molecule has 0 saturated heterocycles. The van der Waals surface area contributed by atoms with E-state index in [-0.39, 0.29) is 23.4 Å². The van der Waals surface area contributed by atoms with Crippen molar-refractivity contribution in [3.63, 3.8) is 0 Å². The van der Waals surface area contributed by atoms with Gasteiger partial charge in [0.05, 0.1) is 6.10 Å². The van der Waals surface area contributed by atoms with Crippen molar-refractivity contribution >= 4 is 5.78 Å². The molecule has 5 unspecified atom stereocenters. The number of rotatable bonds is 4. The first-order chi connectivity index (χ1) is 12.9. The van der Waals surface area contributed by atoms with E-state index < -0.39 is 0 Å². The zero-order valence-electron chi connectivity index (χ0n) is 17.8. The Kier molecular flexibility index (Phi) is 5.25. The zero-order valence-corrected chi connectivity index (χ0v) is 17.8. The highest BCUT2D eigenvalue weighted by Gasteiger charge is 2.64. The first-order valence-corrected chi connectivity index (χ1v) is 11.8. The molecule has 4 rings (SSSR count). The van der Waals surface area contributed by atoms with Crippen molar-refractivity contribution in [2.45, 2.75) is 91.1 Å². The maximum atomic E-state index is 13.8. The van der Waals surface area contributed by atoms with Crippen LogP contribution in [-0.2, 0) is 4.79 Å². The van der Waals surface area contributed by atoms with Gasteiger partial charge in [-0.15, -0.1) is 0 Å². The molecule has 0 radical (unpaired) electrons. The third kappa shape index (κ3) is 2.86. The summed E-state index contributed by atoms with van der Waals surface area (Å²) in [7, 11) is 0. The van der Waals surface area contributed by atoms with E-state index in [2.05, 4.69) is 20.8 Å². The van der Waals surface area contributed by atoms with Gasteiger partial charge in [0, 0.05) is 11.8 Å². The Balaban J connectivity index is 1.66. The van der Waals surface area contributed by atoms with Crippen LogP contribution in [0.4, 0.5) is 0 Å². The number of fused-ring (bicyclic) bond motifs is 5. The third-order valence-corrected chi connectivity index (χ3v) is 10.1. The van der Waals surface area contributed by atoms with Crippen LogP contribution in [0.1, 0.15) is 85.0 Å². The average Bonchev–Trinajstić information content (AvgIpc) is 2.98. The van der Waals surface area contributed by atoms with Crippen molar-refractivity contribution in [3.05, 3.63) is 0 Å². The van der Waals surface area contributed by atoms with Gasteiger partial charge in [0.2, 0.25) is 0 Å². The van der Waals surface area contributed by atoms with Crippen LogP contribution in [0.15, 0.2) is 0 Å². The van der Waals surface area contributed by atoms with E-state index in [4.69, 9.17) is 5.73 Å². The van der Waals surface area contributed by atoms with Crippen molar-refractivity contribution in [2.24, 2.45) is 52.1 Å². The van der Waals surface area contributed by atoms with Crippen molar-refractivity contribution in [2.75, 3.05) is 6.54 Å². The first kappa shape index (κ1) is 19.9. The Labute approximate surface area is 165 Å². The van der Waals surface area contributed by atoms with Gasteiger partial charge in [-0.3, -0.25) is 4.79 Å². The van der Waals surface area contributed by atoms with E-state index in [1.807, 2.05) is 0 Å². The minimum Gasteiger partial charge on any atom is -0.393 e. The predicted octanol–water partition coefficient (Wildman–Crippen LogP) is 4.56. The lowest BCUT2D eigenvalue weighted by atomic mass is 9.42. The molecule has 0 spiro atoms. The van der Waals surface area contributed by atoms with Crippen LogP contribution in [-0.4, -0.2) is 23.5 Å². The molecule has 0 aromatic rings. The highest BCUT2D eigenvalue weighted by Crippen LogP contribution is 2.68. The predicted molar refractivity (Wildman–Crippen MR) is 109 cm³/mol. The minimum absolute atomic E-state index is 0.177. The summed E-state index contributed by atoms with van der Waals surface area (Å²) >= 11 is 0. The van der Waals surface area contributed by atoms with Crippen LogP contribution >= 0.6 is 0 Å². The molecule has 3 N–H and O–H groups in total. The maximum Gasteiger partial charge on any atom is 0.139 e. The largest absolute Gasteiger partial charge is 0.393 e. The molecule has 3 nitrogen and oxygen atoms in total. The fourth-order valence-corrected chi connectivity index (χ4v) is 8.58. The van der Waals surface area contributed by atoms with E-state index in [1.165, 1.54) is 32.1 Å². The van der Waals surface area contributed by atoms with E-state index in [0.717, 1.165) is 44.6 Å². The number of carbonyl (C=O) groups excluding carboxylic acids is 1. The monoisotopic (exact) mass is 375 g/mol. The molecule has 0 heterocycles. The molecule has 0 aromatic heterocycles. The summed E-state index contributed by atoms with van der Waals surface area (Å²) < 4.78 is 0. The number of carbonyl (C=O) groups is 1. The number of hydrogen-bond donors (Lipinski definition) is 2. The van der Waals surface area contributed by atoms with Gasteiger partial charge in [-0.05, 0) is 105 Å². The fourth-order valence-electron chi connectivity index (χ4n) is 8.58. The summed E-state index contributed by atoms with van der Waals surface area (Å²) in [6.07, 6.45) is 11.1. The average molecular weight is 376 g/mol. The molecule has 0 aliphatic heterocycles. The molecule has 27 heavy (non-hydrogen) atoms. The Morgan fingerprint density at radius 3 is 2.44 bits per heavy atom. The molecule has 3 heteroatoms. The Morgan fingerprint density at radius 2 is 1.74 bits per heavy atom. The standard InChI is InChI=1S/C24H41NO2/c1-4-17-20-14-16(26)9-11-24(20,3)19-10-12-23(2)15(6-5-13-25)7-8-18(23)21(19)22(17)27/h15-21,26H,4-14,25H2,1-3H3/t15-,16+,17+,18?,19-,20?,21?,23?,24?/m0/s1. The molecule has 0 aromatic carbocycles. The van der Waals surface area contributed by atoms with Gasteiger partial charge in [0.15, 0.2) is 0 Å². The van der Waals surface area contributed by atoms with Gasteiger partial charge < -0.3 is 10.8 Å². The normalized spacial score (nSPS) is 52.2. The fraction of sp³-hybridized carbons (Fsp3) is 0.958.